The van der Waals surface area contributed by atoms with Gasteiger partial charge in [0.2, 0.25) is 0 Å². The fraction of sp³-hybridized carbons (Fsp3) is 0.250. The predicted octanol–water partition coefficient (Wildman–Crippen LogP) is 4.19. The number of aryl methyl sites for hydroxylation is 1. The average molecular weight is 355 g/mol. The number of rotatable bonds is 4. The van der Waals surface area contributed by atoms with E-state index in [1.807, 2.05) is 43.3 Å². The van der Waals surface area contributed by atoms with Gasteiger partial charge in [0, 0.05) is 27.5 Å². The molecule has 0 spiro atoms. The van der Waals surface area contributed by atoms with Gasteiger partial charge < -0.3 is 10.8 Å². The number of benzene rings is 2. The van der Waals surface area contributed by atoms with Crippen LogP contribution < -0.4 is 5.73 Å². The molecule has 2 rings (SSSR count). The Bertz CT molecular complexity index is 603. The third-order valence-corrected chi connectivity index (χ3v) is 4.22. The van der Waals surface area contributed by atoms with E-state index in [1.165, 1.54) is 0 Å². The Morgan fingerprint density at radius 3 is 2.65 bits per heavy atom. The summed E-state index contributed by atoms with van der Waals surface area (Å²) in [5.41, 5.74) is 8.73. The first-order chi connectivity index (χ1) is 9.52. The Morgan fingerprint density at radius 2 is 2.00 bits per heavy atom. The van der Waals surface area contributed by atoms with Gasteiger partial charge in [0.15, 0.2) is 0 Å². The first-order valence-electron chi connectivity index (χ1n) is 6.42. The van der Waals surface area contributed by atoms with E-state index in [2.05, 4.69) is 15.9 Å². The van der Waals surface area contributed by atoms with E-state index < -0.39 is 6.10 Å². The van der Waals surface area contributed by atoms with E-state index in [9.17, 15) is 5.11 Å². The molecule has 3 N–H and O–H groups in total. The molecule has 0 radical (unpaired) electrons. The Morgan fingerprint density at radius 1 is 1.25 bits per heavy atom. The SMILES string of the molecule is Cc1cccc(C(CN)C(O)c2cc(Br)ccc2Cl)c1. The topological polar surface area (TPSA) is 46.2 Å². The second kappa shape index (κ2) is 6.72. The summed E-state index contributed by atoms with van der Waals surface area (Å²) in [6.07, 6.45) is -0.730. The summed E-state index contributed by atoms with van der Waals surface area (Å²) < 4.78 is 0.885. The van der Waals surface area contributed by atoms with Gasteiger partial charge in [0.25, 0.3) is 0 Å². The molecule has 0 saturated heterocycles. The van der Waals surface area contributed by atoms with Gasteiger partial charge in [0.05, 0.1) is 6.10 Å². The van der Waals surface area contributed by atoms with Crippen LogP contribution in [0.3, 0.4) is 0 Å². The molecular formula is C16H17BrClNO. The lowest BCUT2D eigenvalue weighted by molar-refractivity contribution is 0.147. The first kappa shape index (κ1) is 15.5. The second-order valence-electron chi connectivity index (χ2n) is 4.87. The summed E-state index contributed by atoms with van der Waals surface area (Å²) in [5.74, 6) is -0.179. The van der Waals surface area contributed by atoms with E-state index in [0.29, 0.717) is 17.1 Å². The van der Waals surface area contributed by atoms with Crippen LogP contribution >= 0.6 is 27.5 Å². The molecule has 2 unspecified atom stereocenters. The summed E-state index contributed by atoms with van der Waals surface area (Å²) in [4.78, 5) is 0. The van der Waals surface area contributed by atoms with Gasteiger partial charge in [-0.05, 0) is 30.7 Å². The van der Waals surface area contributed by atoms with Crippen molar-refractivity contribution in [1.82, 2.24) is 0 Å². The van der Waals surface area contributed by atoms with Crippen LogP contribution in [0.1, 0.15) is 28.7 Å². The lowest BCUT2D eigenvalue weighted by Crippen LogP contribution is -2.20. The molecule has 0 aliphatic rings. The largest absolute Gasteiger partial charge is 0.388 e. The van der Waals surface area contributed by atoms with E-state index in [0.717, 1.165) is 15.6 Å². The van der Waals surface area contributed by atoms with E-state index >= 15 is 0 Å². The molecule has 20 heavy (non-hydrogen) atoms. The fourth-order valence-electron chi connectivity index (χ4n) is 2.31. The summed E-state index contributed by atoms with van der Waals surface area (Å²) in [5, 5.41) is 11.2. The normalized spacial score (nSPS) is 14.1. The van der Waals surface area contributed by atoms with Crippen LogP contribution in [0.5, 0.6) is 0 Å². The average Bonchev–Trinajstić information content (AvgIpc) is 2.42. The number of halogens is 2. The molecule has 0 aromatic heterocycles. The minimum Gasteiger partial charge on any atom is -0.388 e. The highest BCUT2D eigenvalue weighted by molar-refractivity contribution is 9.10. The molecule has 0 aliphatic carbocycles. The van der Waals surface area contributed by atoms with Crippen molar-refractivity contribution in [2.75, 3.05) is 6.54 Å². The molecule has 0 amide bonds. The maximum Gasteiger partial charge on any atom is 0.0885 e. The van der Waals surface area contributed by atoms with E-state index in [1.54, 1.807) is 6.07 Å². The van der Waals surface area contributed by atoms with Gasteiger partial charge in [-0.25, -0.2) is 0 Å². The Hall–Kier alpha value is -0.870. The monoisotopic (exact) mass is 353 g/mol. The molecular weight excluding hydrogens is 338 g/mol. The van der Waals surface area contributed by atoms with Crippen molar-refractivity contribution in [2.24, 2.45) is 5.73 Å². The Balaban J connectivity index is 2.38. The molecule has 4 heteroatoms. The molecule has 2 nitrogen and oxygen atoms in total. The molecule has 0 aliphatic heterocycles. The van der Waals surface area contributed by atoms with Crippen molar-refractivity contribution in [1.29, 1.82) is 0 Å². The van der Waals surface area contributed by atoms with Crippen molar-refractivity contribution in [3.8, 4) is 0 Å². The van der Waals surface area contributed by atoms with Crippen LogP contribution in [0.2, 0.25) is 5.02 Å². The highest BCUT2D eigenvalue weighted by Gasteiger charge is 2.23. The second-order valence-corrected chi connectivity index (χ2v) is 6.19. The number of aliphatic hydroxyl groups is 1. The van der Waals surface area contributed by atoms with Crippen LogP contribution in [0.25, 0.3) is 0 Å². The minimum absolute atomic E-state index is 0.179. The maximum absolute atomic E-state index is 10.6. The van der Waals surface area contributed by atoms with Gasteiger partial charge >= 0.3 is 0 Å². The zero-order valence-corrected chi connectivity index (χ0v) is 13.5. The molecule has 0 heterocycles. The number of nitrogens with two attached hydrogens (primary N) is 1. The van der Waals surface area contributed by atoms with Crippen molar-refractivity contribution in [3.05, 3.63) is 68.7 Å². The van der Waals surface area contributed by atoms with Gasteiger partial charge in [0.1, 0.15) is 0 Å². The summed E-state index contributed by atoms with van der Waals surface area (Å²) in [6.45, 7) is 2.38. The molecule has 0 fully saturated rings. The van der Waals surface area contributed by atoms with Gasteiger partial charge in [-0.15, -0.1) is 0 Å². The highest BCUT2D eigenvalue weighted by atomic mass is 79.9. The lowest BCUT2D eigenvalue weighted by atomic mass is 9.88. The number of aliphatic hydroxyl groups excluding tert-OH is 1. The fourth-order valence-corrected chi connectivity index (χ4v) is 2.91. The quantitative estimate of drug-likeness (QED) is 0.865. The Kier molecular flexibility index (Phi) is 5.22. The Labute approximate surface area is 132 Å². The van der Waals surface area contributed by atoms with Gasteiger partial charge in [-0.2, -0.15) is 0 Å². The standard InChI is InChI=1S/C16H17BrClNO/c1-10-3-2-4-11(7-10)14(9-19)16(20)13-8-12(17)5-6-15(13)18/h2-8,14,16,20H,9,19H2,1H3. The third kappa shape index (κ3) is 3.41. The number of hydrogen-bond donors (Lipinski definition) is 2. The highest BCUT2D eigenvalue weighted by Crippen LogP contribution is 2.35. The summed E-state index contributed by atoms with van der Waals surface area (Å²) >= 11 is 9.59. The van der Waals surface area contributed by atoms with Crippen LogP contribution in [-0.2, 0) is 0 Å². The molecule has 0 saturated carbocycles. The van der Waals surface area contributed by atoms with Gasteiger partial charge in [-0.3, -0.25) is 0 Å². The van der Waals surface area contributed by atoms with Crippen molar-refractivity contribution in [2.45, 2.75) is 18.9 Å². The smallest absolute Gasteiger partial charge is 0.0885 e. The zero-order chi connectivity index (χ0) is 14.7. The van der Waals surface area contributed by atoms with Crippen LogP contribution in [-0.4, -0.2) is 11.7 Å². The molecule has 0 bridgehead atoms. The van der Waals surface area contributed by atoms with Crippen LogP contribution in [0.4, 0.5) is 0 Å². The van der Waals surface area contributed by atoms with Crippen LogP contribution in [0, 0.1) is 6.92 Å². The zero-order valence-electron chi connectivity index (χ0n) is 11.2. The molecule has 2 aromatic rings. The van der Waals surface area contributed by atoms with Crippen molar-refractivity contribution < 1.29 is 5.11 Å². The third-order valence-electron chi connectivity index (χ3n) is 3.38. The maximum atomic E-state index is 10.6. The van der Waals surface area contributed by atoms with Crippen molar-refractivity contribution >= 4 is 27.5 Å². The van der Waals surface area contributed by atoms with E-state index in [-0.39, 0.29) is 5.92 Å². The van der Waals surface area contributed by atoms with E-state index in [4.69, 9.17) is 17.3 Å². The first-order valence-corrected chi connectivity index (χ1v) is 7.59. The van der Waals surface area contributed by atoms with Gasteiger partial charge in [-0.1, -0.05) is 57.4 Å². The summed E-state index contributed by atoms with van der Waals surface area (Å²) in [7, 11) is 0. The van der Waals surface area contributed by atoms with Crippen molar-refractivity contribution in [3.63, 3.8) is 0 Å². The molecule has 2 aromatic carbocycles. The molecule has 106 valence electrons. The predicted molar refractivity (Wildman–Crippen MR) is 87.1 cm³/mol. The lowest BCUT2D eigenvalue weighted by Gasteiger charge is -2.23. The summed E-state index contributed by atoms with van der Waals surface area (Å²) in [6, 6.07) is 13.5. The number of hydrogen-bond acceptors (Lipinski definition) is 2. The minimum atomic E-state index is -0.730. The van der Waals surface area contributed by atoms with Crippen LogP contribution in [0.15, 0.2) is 46.9 Å². The molecule has 2 atom stereocenters.